The summed E-state index contributed by atoms with van der Waals surface area (Å²) in [4.78, 5) is 12.0. The fraction of sp³-hybridized carbons (Fsp3) is 0.800. The first kappa shape index (κ1) is 6.35. The molecule has 1 aliphatic rings. The zero-order chi connectivity index (χ0) is 6.85. The number of hydrogen-bond acceptors (Lipinski definition) is 2. The van der Waals surface area contributed by atoms with E-state index in [1.165, 1.54) is 0 Å². The average Bonchev–Trinajstić information content (AvgIpc) is 2.14. The van der Waals surface area contributed by atoms with Crippen molar-refractivity contribution in [3.63, 3.8) is 0 Å². The van der Waals surface area contributed by atoms with Crippen molar-refractivity contribution in [3.8, 4) is 0 Å². The lowest BCUT2D eigenvalue weighted by molar-refractivity contribution is 0.218. The van der Waals surface area contributed by atoms with Crippen LogP contribution in [0.25, 0.3) is 0 Å². The van der Waals surface area contributed by atoms with Crippen molar-refractivity contribution in [2.24, 2.45) is 11.5 Å². The molecule has 0 aromatic carbocycles. The lowest BCUT2D eigenvalue weighted by Gasteiger charge is -2.10. The van der Waals surface area contributed by atoms with E-state index in [2.05, 4.69) is 0 Å². The number of amides is 2. The monoisotopic (exact) mass is 129 g/mol. The summed E-state index contributed by atoms with van der Waals surface area (Å²) in [5, 5.41) is 0. The van der Waals surface area contributed by atoms with E-state index in [1.54, 1.807) is 4.90 Å². The Morgan fingerprint density at radius 2 is 2.33 bits per heavy atom. The Balaban J connectivity index is 2.39. The van der Waals surface area contributed by atoms with E-state index >= 15 is 0 Å². The second kappa shape index (κ2) is 2.23. The summed E-state index contributed by atoms with van der Waals surface area (Å²) in [6.45, 7) is 1.34. The predicted octanol–water partition coefficient (Wildman–Crippen LogP) is -0.902. The molecule has 0 saturated carbocycles. The number of likely N-dealkylation sites (tertiary alicyclic amines) is 1. The van der Waals surface area contributed by atoms with Gasteiger partial charge in [-0.15, -0.1) is 0 Å². The van der Waals surface area contributed by atoms with Crippen molar-refractivity contribution in [2.75, 3.05) is 13.1 Å². The summed E-state index contributed by atoms with van der Waals surface area (Å²) < 4.78 is 0. The van der Waals surface area contributed by atoms with Gasteiger partial charge in [-0.05, 0) is 6.42 Å². The number of rotatable bonds is 0. The van der Waals surface area contributed by atoms with Crippen LogP contribution in [-0.2, 0) is 0 Å². The quantitative estimate of drug-likeness (QED) is 0.445. The van der Waals surface area contributed by atoms with Crippen molar-refractivity contribution in [2.45, 2.75) is 12.5 Å². The Bertz CT molecular complexity index is 125. The molecule has 4 nitrogen and oxygen atoms in total. The molecule has 0 aromatic rings. The molecule has 2 amide bonds. The third-order valence-electron chi connectivity index (χ3n) is 1.54. The van der Waals surface area contributed by atoms with Gasteiger partial charge in [0.25, 0.3) is 0 Å². The van der Waals surface area contributed by atoms with E-state index < -0.39 is 0 Å². The molecule has 1 fully saturated rings. The molecule has 1 atom stereocenters. The highest BCUT2D eigenvalue weighted by Gasteiger charge is 2.20. The highest BCUT2D eigenvalue weighted by Crippen LogP contribution is 2.04. The molecule has 1 heterocycles. The summed E-state index contributed by atoms with van der Waals surface area (Å²) in [5.74, 6) is 0. The first-order chi connectivity index (χ1) is 4.20. The van der Waals surface area contributed by atoms with Crippen LogP contribution in [0.4, 0.5) is 4.79 Å². The second-order valence-electron chi connectivity index (χ2n) is 2.33. The van der Waals surface area contributed by atoms with Gasteiger partial charge < -0.3 is 16.4 Å². The Kier molecular flexibility index (Phi) is 1.57. The van der Waals surface area contributed by atoms with Gasteiger partial charge in [0.2, 0.25) is 0 Å². The number of primary amides is 1. The zero-order valence-corrected chi connectivity index (χ0v) is 5.21. The normalized spacial score (nSPS) is 26.8. The lowest BCUT2D eigenvalue weighted by Crippen LogP contribution is -2.35. The van der Waals surface area contributed by atoms with Gasteiger partial charge in [-0.1, -0.05) is 0 Å². The molecule has 1 aliphatic heterocycles. The van der Waals surface area contributed by atoms with Crippen molar-refractivity contribution < 1.29 is 4.79 Å². The van der Waals surface area contributed by atoms with Gasteiger partial charge in [0.15, 0.2) is 0 Å². The van der Waals surface area contributed by atoms with Gasteiger partial charge >= 0.3 is 6.03 Å². The molecule has 0 bridgehead atoms. The van der Waals surface area contributed by atoms with E-state index in [0.717, 1.165) is 13.0 Å². The standard InChI is InChI=1S/C5H11N3O/c6-4-1-2-8(3-4)5(7)9/h4H,1-3,6H2,(H2,7,9). The number of hydrogen-bond donors (Lipinski definition) is 2. The summed E-state index contributed by atoms with van der Waals surface area (Å²) in [6, 6.07) is -0.222. The molecule has 1 unspecified atom stereocenters. The molecule has 0 radical (unpaired) electrons. The average molecular weight is 129 g/mol. The number of nitrogens with zero attached hydrogens (tertiary/aromatic N) is 1. The highest BCUT2D eigenvalue weighted by atomic mass is 16.2. The van der Waals surface area contributed by atoms with Crippen molar-refractivity contribution >= 4 is 6.03 Å². The minimum Gasteiger partial charge on any atom is -0.351 e. The molecule has 4 heteroatoms. The topological polar surface area (TPSA) is 72.4 Å². The van der Waals surface area contributed by atoms with Crippen molar-refractivity contribution in [1.82, 2.24) is 4.90 Å². The van der Waals surface area contributed by atoms with Gasteiger partial charge in [0.05, 0.1) is 0 Å². The van der Waals surface area contributed by atoms with Crippen molar-refractivity contribution in [1.29, 1.82) is 0 Å². The number of urea groups is 1. The maximum Gasteiger partial charge on any atom is 0.314 e. The fourth-order valence-corrected chi connectivity index (χ4v) is 0.987. The molecule has 0 aliphatic carbocycles. The molecule has 9 heavy (non-hydrogen) atoms. The predicted molar refractivity (Wildman–Crippen MR) is 33.7 cm³/mol. The Labute approximate surface area is 53.8 Å². The maximum absolute atomic E-state index is 10.4. The molecule has 1 rings (SSSR count). The lowest BCUT2D eigenvalue weighted by atomic mass is 10.3. The van der Waals surface area contributed by atoms with E-state index in [1.807, 2.05) is 0 Å². The van der Waals surface area contributed by atoms with E-state index in [4.69, 9.17) is 11.5 Å². The Morgan fingerprint density at radius 1 is 1.67 bits per heavy atom. The first-order valence-corrected chi connectivity index (χ1v) is 3.00. The van der Waals surface area contributed by atoms with E-state index in [0.29, 0.717) is 6.54 Å². The third kappa shape index (κ3) is 1.32. The fourth-order valence-electron chi connectivity index (χ4n) is 0.987. The molecular weight excluding hydrogens is 118 g/mol. The number of carbonyl (C=O) groups excluding carboxylic acids is 1. The van der Waals surface area contributed by atoms with Crippen LogP contribution in [-0.4, -0.2) is 30.1 Å². The number of nitrogens with two attached hydrogens (primary N) is 2. The summed E-state index contributed by atoms with van der Waals surface area (Å²) in [6.07, 6.45) is 0.878. The van der Waals surface area contributed by atoms with Crippen LogP contribution in [0.3, 0.4) is 0 Å². The van der Waals surface area contributed by atoms with E-state index in [-0.39, 0.29) is 12.1 Å². The van der Waals surface area contributed by atoms with Crippen LogP contribution >= 0.6 is 0 Å². The van der Waals surface area contributed by atoms with Crippen LogP contribution in [0.1, 0.15) is 6.42 Å². The Morgan fingerprint density at radius 3 is 2.56 bits per heavy atom. The summed E-state index contributed by atoms with van der Waals surface area (Å²) in [5.41, 5.74) is 10.5. The molecule has 4 N–H and O–H groups in total. The van der Waals surface area contributed by atoms with Crippen LogP contribution in [0.5, 0.6) is 0 Å². The molecule has 1 saturated heterocycles. The van der Waals surface area contributed by atoms with E-state index in [9.17, 15) is 4.79 Å². The SMILES string of the molecule is NC(=O)N1CCC(N)C1. The molecule has 0 spiro atoms. The summed E-state index contributed by atoms with van der Waals surface area (Å²) >= 11 is 0. The van der Waals surface area contributed by atoms with Crippen molar-refractivity contribution in [3.05, 3.63) is 0 Å². The second-order valence-corrected chi connectivity index (χ2v) is 2.33. The van der Waals surface area contributed by atoms with Gasteiger partial charge in [-0.3, -0.25) is 0 Å². The van der Waals surface area contributed by atoms with Gasteiger partial charge in [0, 0.05) is 19.1 Å². The highest BCUT2D eigenvalue weighted by molar-refractivity contribution is 5.72. The number of carbonyl (C=O) groups is 1. The first-order valence-electron chi connectivity index (χ1n) is 3.00. The third-order valence-corrected chi connectivity index (χ3v) is 1.54. The molecule has 52 valence electrons. The van der Waals surface area contributed by atoms with Crippen LogP contribution in [0.15, 0.2) is 0 Å². The minimum absolute atomic E-state index is 0.137. The van der Waals surface area contributed by atoms with Gasteiger partial charge in [-0.2, -0.15) is 0 Å². The largest absolute Gasteiger partial charge is 0.351 e. The van der Waals surface area contributed by atoms with Crippen LogP contribution in [0.2, 0.25) is 0 Å². The van der Waals surface area contributed by atoms with Crippen LogP contribution < -0.4 is 11.5 Å². The minimum atomic E-state index is -0.358. The van der Waals surface area contributed by atoms with Crippen LogP contribution in [0, 0.1) is 0 Å². The smallest absolute Gasteiger partial charge is 0.314 e. The van der Waals surface area contributed by atoms with Gasteiger partial charge in [0.1, 0.15) is 0 Å². The maximum atomic E-state index is 10.4. The summed E-state index contributed by atoms with van der Waals surface area (Å²) in [7, 11) is 0. The Hall–Kier alpha value is -0.770. The molecule has 0 aromatic heterocycles. The van der Waals surface area contributed by atoms with Gasteiger partial charge in [-0.25, -0.2) is 4.79 Å². The zero-order valence-electron chi connectivity index (χ0n) is 5.21. The molecular formula is C5H11N3O.